The van der Waals surface area contributed by atoms with E-state index in [1.165, 1.54) is 6.07 Å². The molecule has 0 unspecified atom stereocenters. The molecule has 0 saturated carbocycles. The summed E-state index contributed by atoms with van der Waals surface area (Å²) in [5.41, 5.74) is 2.91. The Morgan fingerprint density at radius 1 is 1.00 bits per heavy atom. The fourth-order valence-corrected chi connectivity index (χ4v) is 3.05. The molecule has 0 aliphatic carbocycles. The first-order valence-electron chi connectivity index (χ1n) is 8.48. The quantitative estimate of drug-likeness (QED) is 0.380. The molecule has 0 aliphatic heterocycles. The zero-order chi connectivity index (χ0) is 18.6. The van der Waals surface area contributed by atoms with E-state index < -0.39 is 5.97 Å². The Morgan fingerprint density at radius 3 is 2.37 bits per heavy atom. The minimum absolute atomic E-state index is 0.194. The molecule has 2 aromatic carbocycles. The normalized spacial score (nSPS) is 10.9. The maximum absolute atomic E-state index is 12.6. The van der Waals surface area contributed by atoms with Gasteiger partial charge in [0.05, 0.1) is 23.7 Å². The summed E-state index contributed by atoms with van der Waals surface area (Å²) in [5.74, 6) is -0.451. The smallest absolute Gasteiger partial charge is 0.339 e. The third-order valence-corrected chi connectivity index (χ3v) is 4.38. The molecule has 2 aromatic heterocycles. The summed E-state index contributed by atoms with van der Waals surface area (Å²) in [6.07, 6.45) is 1.63. The molecule has 134 valence electrons. The molecule has 0 fully saturated rings. The maximum Gasteiger partial charge on any atom is 0.339 e. The average Bonchev–Trinajstić information content (AvgIpc) is 3.09. The summed E-state index contributed by atoms with van der Waals surface area (Å²) in [7, 11) is 0. The molecule has 6 heteroatoms. The number of carbonyl (C=O) groups excluding carboxylic acids is 1. The van der Waals surface area contributed by atoms with Crippen LogP contribution in [0.4, 0.5) is 0 Å². The van der Waals surface area contributed by atoms with Gasteiger partial charge >= 0.3 is 5.97 Å². The lowest BCUT2D eigenvalue weighted by atomic mass is 10.2. The minimum Gasteiger partial charge on any atom is -0.457 e. The number of fused-ring (bicyclic) bond motifs is 1. The van der Waals surface area contributed by atoms with E-state index in [1.54, 1.807) is 10.9 Å². The molecule has 0 N–H and O–H groups in total. The number of ether oxygens (including phenoxy) is 1. The van der Waals surface area contributed by atoms with Crippen molar-refractivity contribution < 1.29 is 9.53 Å². The molecule has 0 spiro atoms. The van der Waals surface area contributed by atoms with E-state index in [1.807, 2.05) is 60.7 Å². The Morgan fingerprint density at radius 2 is 1.67 bits per heavy atom. The van der Waals surface area contributed by atoms with Crippen LogP contribution in [0, 0.1) is 0 Å². The number of carbonyl (C=O) groups is 1. The number of hydrogen-bond donors (Lipinski definition) is 0. The highest BCUT2D eigenvalue weighted by Gasteiger charge is 2.17. The highest BCUT2D eigenvalue weighted by atomic mass is 35.5. The second-order valence-electron chi connectivity index (χ2n) is 6.08. The van der Waals surface area contributed by atoms with Crippen molar-refractivity contribution >= 4 is 28.6 Å². The maximum atomic E-state index is 12.6. The summed E-state index contributed by atoms with van der Waals surface area (Å²) < 4.78 is 7.17. The molecule has 4 rings (SSSR count). The number of pyridine rings is 1. The van der Waals surface area contributed by atoms with Crippen molar-refractivity contribution in [1.82, 2.24) is 14.8 Å². The van der Waals surface area contributed by atoms with Crippen LogP contribution in [0.3, 0.4) is 0 Å². The average molecular weight is 378 g/mol. The summed E-state index contributed by atoms with van der Waals surface area (Å²) >= 11 is 6.16. The highest BCUT2D eigenvalue weighted by Crippen LogP contribution is 2.23. The van der Waals surface area contributed by atoms with E-state index in [9.17, 15) is 4.79 Å². The SMILES string of the molecule is O=C(OCc1ccccc1)c1cc(Cl)nc2c1cnn2Cc1ccccc1. The van der Waals surface area contributed by atoms with Gasteiger partial charge in [0.2, 0.25) is 0 Å². The van der Waals surface area contributed by atoms with E-state index >= 15 is 0 Å². The van der Waals surface area contributed by atoms with Crippen molar-refractivity contribution in [3.05, 3.63) is 94.8 Å². The van der Waals surface area contributed by atoms with Gasteiger partial charge in [-0.3, -0.25) is 0 Å². The third kappa shape index (κ3) is 3.83. The molecular formula is C21H16ClN3O2. The van der Waals surface area contributed by atoms with Crippen LogP contribution in [0.15, 0.2) is 72.9 Å². The van der Waals surface area contributed by atoms with Gasteiger partial charge in [-0.25, -0.2) is 14.5 Å². The molecule has 0 radical (unpaired) electrons. The van der Waals surface area contributed by atoms with Gasteiger partial charge in [0.15, 0.2) is 5.65 Å². The fraction of sp³-hybridized carbons (Fsp3) is 0.0952. The Kier molecular flexibility index (Phi) is 4.85. The van der Waals surface area contributed by atoms with Gasteiger partial charge in [-0.1, -0.05) is 72.3 Å². The topological polar surface area (TPSA) is 57.0 Å². The summed E-state index contributed by atoms with van der Waals surface area (Å²) in [5, 5.41) is 5.23. The van der Waals surface area contributed by atoms with E-state index in [0.717, 1.165) is 11.1 Å². The molecule has 0 saturated heterocycles. The molecule has 0 aliphatic rings. The van der Waals surface area contributed by atoms with Crippen LogP contribution >= 0.6 is 11.6 Å². The van der Waals surface area contributed by atoms with Crippen molar-refractivity contribution in [1.29, 1.82) is 0 Å². The lowest BCUT2D eigenvalue weighted by Crippen LogP contribution is -2.07. The minimum atomic E-state index is -0.451. The first-order valence-corrected chi connectivity index (χ1v) is 8.85. The number of hydrogen-bond acceptors (Lipinski definition) is 4. The van der Waals surface area contributed by atoms with Crippen LogP contribution in [0.2, 0.25) is 5.15 Å². The molecule has 27 heavy (non-hydrogen) atoms. The first-order chi connectivity index (χ1) is 13.2. The van der Waals surface area contributed by atoms with Gasteiger partial charge < -0.3 is 4.74 Å². The molecule has 4 aromatic rings. The number of rotatable bonds is 5. The van der Waals surface area contributed by atoms with Crippen molar-refractivity contribution in [3.8, 4) is 0 Å². The predicted molar refractivity (Wildman–Crippen MR) is 104 cm³/mol. The number of halogens is 1. The van der Waals surface area contributed by atoms with Gasteiger partial charge in [0.25, 0.3) is 0 Å². The Bertz CT molecular complexity index is 1080. The Labute approximate surface area is 161 Å². The van der Waals surface area contributed by atoms with Crippen molar-refractivity contribution in [3.63, 3.8) is 0 Å². The summed E-state index contributed by atoms with van der Waals surface area (Å²) in [4.78, 5) is 17.0. The zero-order valence-corrected chi connectivity index (χ0v) is 15.1. The van der Waals surface area contributed by atoms with E-state index in [-0.39, 0.29) is 11.8 Å². The van der Waals surface area contributed by atoms with Gasteiger partial charge in [-0.2, -0.15) is 5.10 Å². The Hall–Kier alpha value is -3.18. The van der Waals surface area contributed by atoms with Gasteiger partial charge in [0, 0.05) is 0 Å². The Balaban J connectivity index is 1.62. The molecule has 2 heterocycles. The second-order valence-corrected chi connectivity index (χ2v) is 6.47. The van der Waals surface area contributed by atoms with Crippen molar-refractivity contribution in [2.24, 2.45) is 0 Å². The third-order valence-electron chi connectivity index (χ3n) is 4.19. The molecule has 0 bridgehead atoms. The van der Waals surface area contributed by atoms with Crippen LogP contribution in [0.25, 0.3) is 11.0 Å². The number of esters is 1. The number of benzene rings is 2. The van der Waals surface area contributed by atoms with Crippen LogP contribution in [0.5, 0.6) is 0 Å². The predicted octanol–water partition coefficient (Wildman–Crippen LogP) is 4.49. The standard InChI is InChI=1S/C21H16ClN3O2/c22-19-11-17(21(26)27-14-16-9-5-2-6-10-16)18-12-23-25(20(18)24-19)13-15-7-3-1-4-8-15/h1-12H,13-14H2. The molecular weight excluding hydrogens is 362 g/mol. The number of aromatic nitrogens is 3. The summed E-state index contributed by atoms with van der Waals surface area (Å²) in [6.45, 7) is 0.732. The summed E-state index contributed by atoms with van der Waals surface area (Å²) in [6, 6.07) is 20.9. The van der Waals surface area contributed by atoms with E-state index in [4.69, 9.17) is 16.3 Å². The van der Waals surface area contributed by atoms with Gasteiger partial charge in [-0.15, -0.1) is 0 Å². The zero-order valence-electron chi connectivity index (χ0n) is 14.4. The largest absolute Gasteiger partial charge is 0.457 e. The molecule has 0 atom stereocenters. The molecule has 0 amide bonds. The second kappa shape index (κ2) is 7.60. The van der Waals surface area contributed by atoms with Crippen LogP contribution in [-0.2, 0) is 17.9 Å². The van der Waals surface area contributed by atoms with Gasteiger partial charge in [-0.05, 0) is 17.2 Å². The number of nitrogens with zero attached hydrogens (tertiary/aromatic N) is 3. The van der Waals surface area contributed by atoms with Crippen LogP contribution in [-0.4, -0.2) is 20.7 Å². The van der Waals surface area contributed by atoms with Crippen molar-refractivity contribution in [2.75, 3.05) is 0 Å². The van der Waals surface area contributed by atoms with E-state index in [0.29, 0.717) is 23.1 Å². The first kappa shape index (κ1) is 17.2. The van der Waals surface area contributed by atoms with Crippen LogP contribution in [0.1, 0.15) is 21.5 Å². The van der Waals surface area contributed by atoms with Crippen LogP contribution < -0.4 is 0 Å². The monoisotopic (exact) mass is 377 g/mol. The molecule has 5 nitrogen and oxygen atoms in total. The highest BCUT2D eigenvalue weighted by molar-refractivity contribution is 6.30. The lowest BCUT2D eigenvalue weighted by Gasteiger charge is -2.07. The van der Waals surface area contributed by atoms with Gasteiger partial charge in [0.1, 0.15) is 11.8 Å². The fourth-order valence-electron chi connectivity index (χ4n) is 2.86. The van der Waals surface area contributed by atoms with Crippen molar-refractivity contribution in [2.45, 2.75) is 13.2 Å². The lowest BCUT2D eigenvalue weighted by molar-refractivity contribution is 0.0475. The van der Waals surface area contributed by atoms with E-state index in [2.05, 4.69) is 10.1 Å².